The lowest BCUT2D eigenvalue weighted by Crippen LogP contribution is -2.30. The standard InChI is InChI=1S/C66H98O6/c1-4-7-10-13-16-19-22-25-28-31-33-36-38-41-44-47-50-53-56-59-65(68)71-62-63(61-70-64(67)58-55-52-49-46-43-40-37-34-30-27-24-21-18-15-12-9-6-3)72-66(69)60-57-54-51-48-45-42-39-35-32-29-26-23-20-17-14-11-8-5-2/h7,9-10,12-13,16,18-19,21-23,25-33,35-41,44,46,49,63H,4-6,8,11,14-15,17,20,24,34,42-43,45,47-48,50-62H2,1-3H3/b10-7-,12-9-,16-13-,21-18-,22-19-,26-23-,28-25-,30-27-,32-29-,33-31+,38-36-,39-35-,40-37-,44-41-,49-46-. The van der Waals surface area contributed by atoms with Crippen LogP contribution in [0.5, 0.6) is 0 Å². The predicted molar refractivity (Wildman–Crippen MR) is 311 cm³/mol. The minimum absolute atomic E-state index is 0.139. The van der Waals surface area contributed by atoms with Crippen molar-refractivity contribution < 1.29 is 28.6 Å². The van der Waals surface area contributed by atoms with E-state index >= 15 is 0 Å². The third-order valence-electron chi connectivity index (χ3n) is 10.9. The Kier molecular flexibility index (Phi) is 53.7. The summed E-state index contributed by atoms with van der Waals surface area (Å²) in [7, 11) is 0. The minimum Gasteiger partial charge on any atom is -0.462 e. The fraction of sp³-hybridized carbons (Fsp3) is 0.500. The van der Waals surface area contributed by atoms with Crippen LogP contribution in [0.4, 0.5) is 0 Å². The van der Waals surface area contributed by atoms with Crippen molar-refractivity contribution in [3.8, 4) is 0 Å². The number of esters is 3. The van der Waals surface area contributed by atoms with Crippen molar-refractivity contribution in [3.05, 3.63) is 182 Å². The van der Waals surface area contributed by atoms with Gasteiger partial charge in [-0.2, -0.15) is 0 Å². The molecule has 0 spiro atoms. The van der Waals surface area contributed by atoms with Crippen LogP contribution in [0.1, 0.15) is 194 Å². The Balaban J connectivity index is 4.67. The van der Waals surface area contributed by atoms with E-state index in [0.717, 1.165) is 109 Å². The van der Waals surface area contributed by atoms with Gasteiger partial charge in [-0.15, -0.1) is 0 Å². The average molecular weight is 988 g/mol. The second-order valence-corrected chi connectivity index (χ2v) is 17.6. The number of carbonyl (C=O) groups is 3. The van der Waals surface area contributed by atoms with Gasteiger partial charge < -0.3 is 14.2 Å². The molecule has 0 fully saturated rings. The number of unbranched alkanes of at least 4 members (excludes halogenated alkanes) is 14. The molecule has 0 aliphatic rings. The first-order chi connectivity index (χ1) is 35.5. The third kappa shape index (κ3) is 55.4. The van der Waals surface area contributed by atoms with Gasteiger partial charge in [-0.25, -0.2) is 0 Å². The molecule has 72 heavy (non-hydrogen) atoms. The van der Waals surface area contributed by atoms with Crippen LogP contribution in [-0.4, -0.2) is 37.2 Å². The lowest BCUT2D eigenvalue weighted by atomic mass is 10.1. The Hall–Kier alpha value is -5.49. The fourth-order valence-electron chi connectivity index (χ4n) is 6.75. The normalized spacial score (nSPS) is 13.5. The van der Waals surface area contributed by atoms with Crippen LogP contribution >= 0.6 is 0 Å². The van der Waals surface area contributed by atoms with Crippen molar-refractivity contribution in [3.63, 3.8) is 0 Å². The number of hydrogen-bond acceptors (Lipinski definition) is 6. The Morgan fingerprint density at radius 3 is 1.07 bits per heavy atom. The zero-order valence-electron chi connectivity index (χ0n) is 45.4. The van der Waals surface area contributed by atoms with Gasteiger partial charge in [0.15, 0.2) is 6.10 Å². The zero-order chi connectivity index (χ0) is 52.2. The molecule has 0 bridgehead atoms. The number of rotatable bonds is 47. The molecule has 0 aliphatic carbocycles. The third-order valence-corrected chi connectivity index (χ3v) is 10.9. The maximum atomic E-state index is 12.9. The first kappa shape index (κ1) is 66.5. The van der Waals surface area contributed by atoms with E-state index in [0.29, 0.717) is 12.8 Å². The van der Waals surface area contributed by atoms with Crippen LogP contribution in [0.2, 0.25) is 0 Å². The molecule has 6 heteroatoms. The van der Waals surface area contributed by atoms with Gasteiger partial charge in [0.1, 0.15) is 13.2 Å². The van der Waals surface area contributed by atoms with Gasteiger partial charge >= 0.3 is 17.9 Å². The maximum Gasteiger partial charge on any atom is 0.306 e. The summed E-state index contributed by atoms with van der Waals surface area (Å²) in [4.78, 5) is 38.1. The van der Waals surface area contributed by atoms with Crippen LogP contribution in [0.15, 0.2) is 182 Å². The number of hydrogen-bond donors (Lipinski definition) is 0. The highest BCUT2D eigenvalue weighted by atomic mass is 16.6. The summed E-state index contributed by atoms with van der Waals surface area (Å²) in [6.45, 7) is 6.23. The smallest absolute Gasteiger partial charge is 0.306 e. The molecule has 0 aromatic heterocycles. The average Bonchev–Trinajstić information content (AvgIpc) is 3.38. The highest BCUT2D eigenvalue weighted by Gasteiger charge is 2.19. The van der Waals surface area contributed by atoms with Crippen molar-refractivity contribution >= 4 is 17.9 Å². The summed E-state index contributed by atoms with van der Waals surface area (Å²) in [6, 6.07) is 0. The van der Waals surface area contributed by atoms with Gasteiger partial charge in [0.25, 0.3) is 0 Å². The van der Waals surface area contributed by atoms with Crippen LogP contribution in [0.25, 0.3) is 0 Å². The van der Waals surface area contributed by atoms with Gasteiger partial charge in [-0.1, -0.05) is 254 Å². The van der Waals surface area contributed by atoms with E-state index in [2.05, 4.69) is 130 Å². The van der Waals surface area contributed by atoms with E-state index < -0.39 is 6.10 Å². The molecule has 0 amide bonds. The van der Waals surface area contributed by atoms with Crippen molar-refractivity contribution in [2.45, 2.75) is 200 Å². The first-order valence-corrected chi connectivity index (χ1v) is 27.9. The summed E-state index contributed by atoms with van der Waals surface area (Å²) < 4.78 is 16.7. The molecule has 0 aliphatic heterocycles. The highest BCUT2D eigenvalue weighted by molar-refractivity contribution is 5.71. The molecular formula is C66H98O6. The summed E-state index contributed by atoms with van der Waals surface area (Å²) in [5.41, 5.74) is 0. The lowest BCUT2D eigenvalue weighted by Gasteiger charge is -2.18. The molecule has 0 rings (SSSR count). The monoisotopic (exact) mass is 987 g/mol. The number of ether oxygens (including phenoxy) is 3. The summed E-state index contributed by atoms with van der Waals surface area (Å²) in [5.74, 6) is -1.07. The Morgan fingerprint density at radius 1 is 0.306 bits per heavy atom. The van der Waals surface area contributed by atoms with Crippen molar-refractivity contribution in [2.75, 3.05) is 13.2 Å². The topological polar surface area (TPSA) is 78.9 Å². The van der Waals surface area contributed by atoms with E-state index in [4.69, 9.17) is 14.2 Å². The largest absolute Gasteiger partial charge is 0.462 e. The van der Waals surface area contributed by atoms with Crippen molar-refractivity contribution in [1.29, 1.82) is 0 Å². The molecule has 0 aromatic rings. The summed E-state index contributed by atoms with van der Waals surface area (Å²) in [5, 5.41) is 0. The molecular weight excluding hydrogens is 889 g/mol. The molecule has 0 saturated carbocycles. The molecule has 0 saturated heterocycles. The number of carbonyl (C=O) groups excluding carboxylic acids is 3. The highest BCUT2D eigenvalue weighted by Crippen LogP contribution is 2.12. The van der Waals surface area contributed by atoms with Crippen molar-refractivity contribution in [1.82, 2.24) is 0 Å². The van der Waals surface area contributed by atoms with E-state index in [1.807, 2.05) is 72.9 Å². The Bertz CT molecular complexity index is 1750. The van der Waals surface area contributed by atoms with Crippen LogP contribution < -0.4 is 0 Å². The molecule has 0 heterocycles. The Labute approximate surface area is 440 Å². The van der Waals surface area contributed by atoms with Gasteiger partial charge in [0.2, 0.25) is 0 Å². The predicted octanol–water partition coefficient (Wildman–Crippen LogP) is 18.9. The van der Waals surface area contributed by atoms with Gasteiger partial charge in [0, 0.05) is 19.3 Å². The maximum absolute atomic E-state index is 12.9. The van der Waals surface area contributed by atoms with Gasteiger partial charge in [-0.05, 0) is 103 Å². The molecule has 0 aromatic carbocycles. The molecule has 0 radical (unpaired) electrons. The van der Waals surface area contributed by atoms with E-state index in [1.54, 1.807) is 0 Å². The fourth-order valence-corrected chi connectivity index (χ4v) is 6.75. The molecule has 0 N–H and O–H groups in total. The Morgan fingerprint density at radius 2 is 0.625 bits per heavy atom. The SMILES string of the molecule is CC\C=C/C=C\C=C/C=C\C=C\C=C/C=C\CCCCCC(=O)OCC(COC(=O)CCC/C=C\C/C=C\C/C=C\C/C=C\C/C=C\CC)OC(=O)CCCCCCC\C=C/C=C\C=C/CCCCCCC. The quantitative estimate of drug-likeness (QED) is 0.0199. The van der Waals surface area contributed by atoms with Crippen LogP contribution in [-0.2, 0) is 28.6 Å². The van der Waals surface area contributed by atoms with E-state index in [1.165, 1.54) is 32.1 Å². The molecule has 1 unspecified atom stereocenters. The second-order valence-electron chi connectivity index (χ2n) is 17.6. The summed E-state index contributed by atoms with van der Waals surface area (Å²) >= 11 is 0. The number of allylic oxidation sites excluding steroid dienone is 30. The van der Waals surface area contributed by atoms with Gasteiger partial charge in [0.05, 0.1) is 0 Å². The molecule has 1 atom stereocenters. The zero-order valence-corrected chi connectivity index (χ0v) is 45.4. The summed E-state index contributed by atoms with van der Waals surface area (Å²) in [6.07, 6.45) is 87.3. The van der Waals surface area contributed by atoms with Gasteiger partial charge in [-0.3, -0.25) is 14.4 Å². The first-order valence-electron chi connectivity index (χ1n) is 27.9. The lowest BCUT2D eigenvalue weighted by molar-refractivity contribution is -0.167. The van der Waals surface area contributed by atoms with Crippen molar-refractivity contribution in [2.24, 2.45) is 0 Å². The van der Waals surface area contributed by atoms with Crippen LogP contribution in [0.3, 0.4) is 0 Å². The van der Waals surface area contributed by atoms with E-state index in [-0.39, 0.29) is 50.4 Å². The second kappa shape index (κ2) is 58.1. The molecule has 6 nitrogen and oxygen atoms in total. The molecule has 398 valence electrons. The van der Waals surface area contributed by atoms with E-state index in [9.17, 15) is 14.4 Å². The minimum atomic E-state index is -0.843. The van der Waals surface area contributed by atoms with Crippen LogP contribution in [0, 0.1) is 0 Å².